The summed E-state index contributed by atoms with van der Waals surface area (Å²) in [4.78, 5) is 15.5. The lowest BCUT2D eigenvalue weighted by Crippen LogP contribution is -2.20. The third-order valence-electron chi connectivity index (χ3n) is 4.35. The van der Waals surface area contributed by atoms with Gasteiger partial charge in [-0.3, -0.25) is 4.79 Å². The molecule has 6 heteroatoms. The monoisotopic (exact) mass is 369 g/mol. The number of anilines is 2. The molecule has 0 spiro atoms. The molecule has 0 radical (unpaired) electrons. The van der Waals surface area contributed by atoms with E-state index in [1.54, 1.807) is 6.92 Å². The van der Waals surface area contributed by atoms with Gasteiger partial charge < -0.3 is 9.88 Å². The maximum absolute atomic E-state index is 13.8. The van der Waals surface area contributed by atoms with Crippen molar-refractivity contribution in [2.24, 2.45) is 0 Å². The maximum Gasteiger partial charge on any atom is 0.310 e. The Hall–Kier alpha value is -3.02. The Morgan fingerprint density at radius 1 is 1.07 bits per heavy atom. The normalized spacial score (nSPS) is 10.9. The lowest BCUT2D eigenvalue weighted by molar-refractivity contribution is 0.578. The minimum atomic E-state index is -0.952. The summed E-state index contributed by atoms with van der Waals surface area (Å²) < 4.78 is 29.0. The standard InChI is InChI=1S/C21H21F2N3O/c1-4-15-5-6-19(14(3)9-15)24-21-25-20(27)18(23)12-26(21)11-16-7-13(2)8-17(22)10-16/h5-10,12H,4,11H2,1-3H3,(H,24,25,27). The average Bonchev–Trinajstić information content (AvgIpc) is 2.60. The molecule has 0 unspecified atom stereocenters. The number of aryl methyl sites for hydroxylation is 3. The topological polar surface area (TPSA) is 46.9 Å². The number of rotatable bonds is 5. The largest absolute Gasteiger partial charge is 0.325 e. The third kappa shape index (κ3) is 4.39. The highest BCUT2D eigenvalue weighted by atomic mass is 19.1. The Morgan fingerprint density at radius 3 is 2.52 bits per heavy atom. The molecule has 1 N–H and O–H groups in total. The molecule has 0 atom stereocenters. The molecule has 1 heterocycles. The van der Waals surface area contributed by atoms with E-state index in [4.69, 9.17) is 0 Å². The highest BCUT2D eigenvalue weighted by molar-refractivity contribution is 5.59. The van der Waals surface area contributed by atoms with Crippen LogP contribution < -0.4 is 10.9 Å². The number of halogens is 2. The lowest BCUT2D eigenvalue weighted by atomic mass is 10.1. The summed E-state index contributed by atoms with van der Waals surface area (Å²) in [6, 6.07) is 10.5. The molecule has 4 nitrogen and oxygen atoms in total. The van der Waals surface area contributed by atoms with Crippen LogP contribution in [-0.4, -0.2) is 9.55 Å². The van der Waals surface area contributed by atoms with Crippen LogP contribution in [0.1, 0.15) is 29.2 Å². The zero-order valence-electron chi connectivity index (χ0n) is 15.5. The number of benzene rings is 2. The van der Waals surface area contributed by atoms with Crippen molar-refractivity contribution in [1.29, 1.82) is 0 Å². The summed E-state index contributed by atoms with van der Waals surface area (Å²) in [6.45, 7) is 5.98. The molecular weight excluding hydrogens is 348 g/mol. The van der Waals surface area contributed by atoms with Crippen molar-refractivity contribution in [2.45, 2.75) is 33.7 Å². The number of hydrogen-bond donors (Lipinski definition) is 1. The molecule has 0 aliphatic carbocycles. The van der Waals surface area contributed by atoms with E-state index >= 15 is 0 Å². The molecule has 0 saturated heterocycles. The van der Waals surface area contributed by atoms with Gasteiger partial charge in [0.05, 0.1) is 6.54 Å². The Kier molecular flexibility index (Phi) is 5.35. The molecule has 0 aliphatic rings. The van der Waals surface area contributed by atoms with Crippen molar-refractivity contribution in [1.82, 2.24) is 9.55 Å². The fourth-order valence-corrected chi connectivity index (χ4v) is 2.99. The van der Waals surface area contributed by atoms with Crippen LogP contribution in [-0.2, 0) is 13.0 Å². The van der Waals surface area contributed by atoms with Crippen LogP contribution in [0.3, 0.4) is 0 Å². The van der Waals surface area contributed by atoms with Gasteiger partial charge in [-0.05, 0) is 60.7 Å². The summed E-state index contributed by atoms with van der Waals surface area (Å²) in [6.07, 6.45) is 2.01. The first-order valence-electron chi connectivity index (χ1n) is 8.75. The molecule has 140 valence electrons. The highest BCUT2D eigenvalue weighted by Gasteiger charge is 2.11. The molecular formula is C21H21F2N3O. The number of hydrogen-bond acceptors (Lipinski definition) is 3. The Bertz CT molecular complexity index is 1020. The van der Waals surface area contributed by atoms with E-state index in [2.05, 4.69) is 17.2 Å². The van der Waals surface area contributed by atoms with Gasteiger partial charge in [-0.25, -0.2) is 4.39 Å². The molecule has 3 rings (SSSR count). The predicted molar refractivity (Wildman–Crippen MR) is 103 cm³/mol. The molecule has 0 bridgehead atoms. The van der Waals surface area contributed by atoms with E-state index in [0.29, 0.717) is 5.56 Å². The van der Waals surface area contributed by atoms with E-state index in [1.165, 1.54) is 22.3 Å². The van der Waals surface area contributed by atoms with Crippen LogP contribution in [0.2, 0.25) is 0 Å². The van der Waals surface area contributed by atoms with Crippen LogP contribution in [0, 0.1) is 25.5 Å². The van der Waals surface area contributed by atoms with Gasteiger partial charge in [-0.15, -0.1) is 0 Å². The number of aromatic nitrogens is 2. The molecule has 2 aromatic carbocycles. The van der Waals surface area contributed by atoms with Crippen molar-refractivity contribution < 1.29 is 8.78 Å². The van der Waals surface area contributed by atoms with E-state index in [1.807, 2.05) is 31.2 Å². The first-order chi connectivity index (χ1) is 12.9. The van der Waals surface area contributed by atoms with Crippen molar-refractivity contribution in [2.75, 3.05) is 5.32 Å². The fourth-order valence-electron chi connectivity index (χ4n) is 2.99. The van der Waals surface area contributed by atoms with Gasteiger partial charge in [0.2, 0.25) is 11.8 Å². The molecule has 0 saturated carbocycles. The minimum Gasteiger partial charge on any atom is -0.325 e. The summed E-state index contributed by atoms with van der Waals surface area (Å²) in [5.74, 6) is -1.11. The van der Waals surface area contributed by atoms with Crippen molar-refractivity contribution >= 4 is 11.6 Å². The van der Waals surface area contributed by atoms with E-state index < -0.39 is 11.4 Å². The first-order valence-corrected chi connectivity index (χ1v) is 8.75. The van der Waals surface area contributed by atoms with E-state index in [0.717, 1.165) is 29.4 Å². The fraction of sp³-hybridized carbons (Fsp3) is 0.238. The Balaban J connectivity index is 1.99. The summed E-state index contributed by atoms with van der Waals surface area (Å²) in [5.41, 5.74) is 3.43. The molecule has 0 fully saturated rings. The van der Waals surface area contributed by atoms with Crippen LogP contribution >= 0.6 is 0 Å². The minimum absolute atomic E-state index is 0.178. The van der Waals surface area contributed by atoms with Crippen molar-refractivity contribution in [3.63, 3.8) is 0 Å². The second kappa shape index (κ2) is 7.70. The summed E-state index contributed by atoms with van der Waals surface area (Å²) in [5, 5.41) is 3.10. The van der Waals surface area contributed by atoms with Gasteiger partial charge >= 0.3 is 5.56 Å². The van der Waals surface area contributed by atoms with Crippen molar-refractivity contribution in [3.8, 4) is 0 Å². The lowest BCUT2D eigenvalue weighted by Gasteiger charge is -2.16. The Labute approximate surface area is 156 Å². The van der Waals surface area contributed by atoms with Gasteiger partial charge in [0.25, 0.3) is 0 Å². The smallest absolute Gasteiger partial charge is 0.310 e. The molecule has 0 aliphatic heterocycles. The van der Waals surface area contributed by atoms with Crippen LogP contribution in [0.4, 0.5) is 20.4 Å². The average molecular weight is 369 g/mol. The van der Waals surface area contributed by atoms with Crippen LogP contribution in [0.25, 0.3) is 0 Å². The number of nitrogens with zero attached hydrogens (tertiary/aromatic N) is 2. The van der Waals surface area contributed by atoms with Crippen molar-refractivity contribution in [3.05, 3.63) is 86.8 Å². The quantitative estimate of drug-likeness (QED) is 0.721. The zero-order valence-corrected chi connectivity index (χ0v) is 15.5. The van der Waals surface area contributed by atoms with Gasteiger partial charge in [-0.1, -0.05) is 25.1 Å². The third-order valence-corrected chi connectivity index (χ3v) is 4.35. The first kappa shape index (κ1) is 18.8. The van der Waals surface area contributed by atoms with Gasteiger partial charge in [-0.2, -0.15) is 9.37 Å². The summed E-state index contributed by atoms with van der Waals surface area (Å²) >= 11 is 0. The molecule has 3 aromatic rings. The van der Waals surface area contributed by atoms with Gasteiger partial charge in [0.15, 0.2) is 0 Å². The predicted octanol–water partition coefficient (Wildman–Crippen LogP) is 4.49. The van der Waals surface area contributed by atoms with Gasteiger partial charge in [0.1, 0.15) is 5.82 Å². The second-order valence-electron chi connectivity index (χ2n) is 6.61. The highest BCUT2D eigenvalue weighted by Crippen LogP contribution is 2.21. The summed E-state index contributed by atoms with van der Waals surface area (Å²) in [7, 11) is 0. The van der Waals surface area contributed by atoms with Crippen LogP contribution in [0.5, 0.6) is 0 Å². The second-order valence-corrected chi connectivity index (χ2v) is 6.61. The van der Waals surface area contributed by atoms with Gasteiger partial charge in [0, 0.05) is 11.9 Å². The molecule has 0 amide bonds. The van der Waals surface area contributed by atoms with E-state index in [-0.39, 0.29) is 18.3 Å². The Morgan fingerprint density at radius 2 is 1.85 bits per heavy atom. The molecule has 1 aromatic heterocycles. The number of nitrogens with one attached hydrogen (secondary N) is 1. The van der Waals surface area contributed by atoms with Crippen LogP contribution in [0.15, 0.2) is 47.4 Å². The zero-order chi connectivity index (χ0) is 19.6. The maximum atomic E-state index is 13.8. The SMILES string of the molecule is CCc1ccc(Nc2nc(=O)c(F)cn2Cc2cc(C)cc(F)c2)c(C)c1. The molecule has 27 heavy (non-hydrogen) atoms. The van der Waals surface area contributed by atoms with E-state index in [9.17, 15) is 13.6 Å².